The van der Waals surface area contributed by atoms with Gasteiger partial charge in [0.15, 0.2) is 11.6 Å². The number of nitrogens with two attached hydrogens (primary N) is 1. The summed E-state index contributed by atoms with van der Waals surface area (Å²) >= 11 is 0. The number of alkyl carbamates (subject to hydrolysis) is 2. The Balaban J connectivity index is 0.000000982. The molecule has 0 spiro atoms. The SMILES string of the molecule is COC(=O)[C@@H](N)CCC(=O)OCc1ccccc1.C[C@H](NC(=O)OC(C)(C)C)C(=O)C[C@@H](CCC(=O)OCc1ccccc1)C(=O)CO.C[C@H](NC(=O)OC(C)(C)C)C(=O)O. The molecular weight excluding hydrogens is 798 g/mol. The number of amides is 2. The number of ketones is 2. The minimum atomic E-state index is -1.09. The van der Waals surface area contributed by atoms with Gasteiger partial charge in [-0.15, -0.1) is 0 Å². The number of carboxylic acid groups (broad SMARTS) is 1. The highest BCUT2D eigenvalue weighted by molar-refractivity contribution is 5.92. The van der Waals surface area contributed by atoms with Gasteiger partial charge in [0, 0.05) is 25.2 Å². The van der Waals surface area contributed by atoms with Gasteiger partial charge in [-0.2, -0.15) is 0 Å². The van der Waals surface area contributed by atoms with E-state index in [9.17, 15) is 43.5 Å². The minimum Gasteiger partial charge on any atom is -0.480 e. The summed E-state index contributed by atoms with van der Waals surface area (Å²) in [6.45, 7) is 12.7. The van der Waals surface area contributed by atoms with Crippen LogP contribution in [0.15, 0.2) is 60.7 Å². The van der Waals surface area contributed by atoms with E-state index in [2.05, 4.69) is 15.4 Å². The van der Waals surface area contributed by atoms with Gasteiger partial charge >= 0.3 is 36.1 Å². The van der Waals surface area contributed by atoms with Gasteiger partial charge in [0.25, 0.3) is 0 Å². The number of rotatable bonds is 19. The number of carboxylic acids is 1. The second-order valence-electron chi connectivity index (χ2n) is 15.6. The maximum atomic E-state index is 12.4. The highest BCUT2D eigenvalue weighted by Gasteiger charge is 2.27. The van der Waals surface area contributed by atoms with Crippen molar-refractivity contribution in [2.45, 2.75) is 130 Å². The molecule has 18 heteroatoms. The van der Waals surface area contributed by atoms with Gasteiger partial charge in [-0.1, -0.05) is 60.7 Å². The number of carbonyl (C=O) groups excluding carboxylic acids is 7. The maximum Gasteiger partial charge on any atom is 0.408 e. The van der Waals surface area contributed by atoms with Crippen LogP contribution < -0.4 is 16.4 Å². The summed E-state index contributed by atoms with van der Waals surface area (Å²) in [5.41, 5.74) is 5.94. The number of hydrogen-bond donors (Lipinski definition) is 5. The molecule has 0 aliphatic heterocycles. The molecule has 0 radical (unpaired) electrons. The Morgan fingerprint density at radius 3 is 1.44 bits per heavy atom. The van der Waals surface area contributed by atoms with E-state index in [4.69, 9.17) is 29.8 Å². The Hall–Kier alpha value is -5.88. The molecule has 18 nitrogen and oxygen atoms in total. The molecule has 0 aliphatic carbocycles. The highest BCUT2D eigenvalue weighted by atomic mass is 16.6. The van der Waals surface area contributed by atoms with Crippen molar-refractivity contribution in [3.8, 4) is 0 Å². The summed E-state index contributed by atoms with van der Waals surface area (Å²) in [5.74, 6) is -4.26. The van der Waals surface area contributed by atoms with Crippen molar-refractivity contribution in [2.75, 3.05) is 13.7 Å². The number of hydrogen-bond acceptors (Lipinski definition) is 15. The number of aliphatic hydroxyl groups excluding tert-OH is 1. The van der Waals surface area contributed by atoms with E-state index in [1.54, 1.807) is 41.5 Å². The van der Waals surface area contributed by atoms with E-state index >= 15 is 0 Å². The molecule has 0 unspecified atom stereocenters. The number of benzene rings is 2. The third-order valence-corrected chi connectivity index (χ3v) is 7.72. The zero-order valence-corrected chi connectivity index (χ0v) is 36.5. The van der Waals surface area contributed by atoms with Crippen molar-refractivity contribution in [2.24, 2.45) is 11.7 Å². The first kappa shape index (κ1) is 55.1. The van der Waals surface area contributed by atoms with E-state index in [0.717, 1.165) is 11.1 Å². The normalized spacial score (nSPS) is 12.7. The maximum absolute atomic E-state index is 12.4. The van der Waals surface area contributed by atoms with E-state index in [0.29, 0.717) is 0 Å². The molecule has 6 N–H and O–H groups in total. The lowest BCUT2D eigenvalue weighted by Crippen LogP contribution is -2.42. The van der Waals surface area contributed by atoms with Gasteiger partial charge in [0.2, 0.25) is 0 Å². The summed E-state index contributed by atoms with van der Waals surface area (Å²) in [6.07, 6.45) is -1.34. The number of aliphatic carboxylic acids is 1. The number of carbonyl (C=O) groups is 8. The Morgan fingerprint density at radius 1 is 0.656 bits per heavy atom. The number of esters is 3. The first-order valence-electron chi connectivity index (χ1n) is 19.5. The molecule has 0 bridgehead atoms. The number of ether oxygens (including phenoxy) is 5. The van der Waals surface area contributed by atoms with Crippen molar-refractivity contribution >= 4 is 47.6 Å². The summed E-state index contributed by atoms with van der Waals surface area (Å²) in [4.78, 5) is 91.9. The quantitative estimate of drug-likeness (QED) is 0.0957. The zero-order chi connectivity index (χ0) is 46.8. The molecular formula is C43H63N3O15. The fourth-order valence-corrected chi connectivity index (χ4v) is 4.49. The summed E-state index contributed by atoms with van der Waals surface area (Å²) in [7, 11) is 1.26. The fraction of sp³-hybridized carbons (Fsp3) is 0.535. The predicted molar refractivity (Wildman–Crippen MR) is 221 cm³/mol. The van der Waals surface area contributed by atoms with Gasteiger partial charge in [-0.05, 0) is 79.4 Å². The molecule has 340 valence electrons. The number of aliphatic hydroxyl groups is 1. The summed E-state index contributed by atoms with van der Waals surface area (Å²) in [5, 5.41) is 22.2. The van der Waals surface area contributed by atoms with Gasteiger partial charge in [-0.3, -0.25) is 28.8 Å². The van der Waals surface area contributed by atoms with Crippen LogP contribution >= 0.6 is 0 Å². The van der Waals surface area contributed by atoms with Gasteiger partial charge in [0.05, 0.1) is 13.2 Å². The van der Waals surface area contributed by atoms with Crippen LogP contribution in [0, 0.1) is 5.92 Å². The van der Waals surface area contributed by atoms with Crippen LogP contribution in [0.2, 0.25) is 0 Å². The van der Waals surface area contributed by atoms with Crippen molar-refractivity contribution in [3.05, 3.63) is 71.8 Å². The zero-order valence-electron chi connectivity index (χ0n) is 36.5. The second-order valence-corrected chi connectivity index (χ2v) is 15.6. The van der Waals surface area contributed by atoms with Crippen LogP contribution in [-0.2, 0) is 65.7 Å². The average molecular weight is 862 g/mol. The Bertz CT molecular complexity index is 1690. The lowest BCUT2D eigenvalue weighted by molar-refractivity contribution is -0.147. The van der Waals surface area contributed by atoms with E-state index in [1.807, 2.05) is 60.7 Å². The Kier molecular flexibility index (Phi) is 25.8. The first-order valence-corrected chi connectivity index (χ1v) is 19.5. The average Bonchev–Trinajstić information content (AvgIpc) is 3.18. The molecule has 2 aromatic carbocycles. The number of methoxy groups -OCH3 is 1. The topological polar surface area (TPSA) is 273 Å². The van der Waals surface area contributed by atoms with Crippen LogP contribution in [0.3, 0.4) is 0 Å². The molecule has 2 aromatic rings. The molecule has 4 atom stereocenters. The third-order valence-electron chi connectivity index (χ3n) is 7.72. The molecule has 0 saturated carbocycles. The van der Waals surface area contributed by atoms with Crippen LogP contribution in [-0.4, -0.2) is 101 Å². The lowest BCUT2D eigenvalue weighted by atomic mass is 9.91. The smallest absolute Gasteiger partial charge is 0.408 e. The summed E-state index contributed by atoms with van der Waals surface area (Å²) in [6, 6.07) is 15.9. The lowest BCUT2D eigenvalue weighted by Gasteiger charge is -2.22. The third kappa shape index (κ3) is 28.3. The van der Waals surface area contributed by atoms with Gasteiger partial charge < -0.3 is 50.3 Å². The second kappa shape index (κ2) is 28.6. The number of Topliss-reactive ketones (excluding diaryl/α,β-unsaturated/α-hetero) is 2. The molecule has 0 aliphatic rings. The molecule has 2 rings (SSSR count). The molecule has 2 amide bonds. The largest absolute Gasteiger partial charge is 0.480 e. The van der Waals surface area contributed by atoms with Crippen molar-refractivity contribution in [3.63, 3.8) is 0 Å². The van der Waals surface area contributed by atoms with Gasteiger partial charge in [-0.25, -0.2) is 9.59 Å². The highest BCUT2D eigenvalue weighted by Crippen LogP contribution is 2.16. The molecule has 0 aromatic heterocycles. The summed E-state index contributed by atoms with van der Waals surface area (Å²) < 4.78 is 24.6. The Morgan fingerprint density at radius 2 is 1.07 bits per heavy atom. The van der Waals surface area contributed by atoms with E-state index < -0.39 is 83.5 Å². The standard InChI is InChI=1S/C22H31NO7.C13H17NO4.C8H15NO4/c1-15(23-21(28)30-22(2,3)4)18(25)12-17(19(26)13-24)10-11-20(27)29-14-16-8-6-5-7-9-16;1-17-13(16)11(14)7-8-12(15)18-9-10-5-3-2-4-6-10;1-5(6(10)11)9-7(12)13-8(2,3)4/h5-9,15,17,24H,10-14H2,1-4H3,(H,23,28);2-6,11H,7-9,14H2,1H3;5H,1-4H3,(H,9,12)(H,10,11)/t15-,17+;11-;5-/m000/s1. The molecule has 0 saturated heterocycles. The van der Waals surface area contributed by atoms with Crippen molar-refractivity contribution in [1.29, 1.82) is 0 Å². The predicted octanol–water partition coefficient (Wildman–Crippen LogP) is 4.55. The van der Waals surface area contributed by atoms with Crippen molar-refractivity contribution < 1.29 is 72.3 Å². The minimum absolute atomic E-state index is 0.0651. The monoisotopic (exact) mass is 861 g/mol. The fourth-order valence-electron chi connectivity index (χ4n) is 4.49. The van der Waals surface area contributed by atoms with E-state index in [-0.39, 0.29) is 51.3 Å². The van der Waals surface area contributed by atoms with Crippen LogP contribution in [0.1, 0.15) is 98.6 Å². The number of nitrogens with one attached hydrogen (secondary N) is 2. The van der Waals surface area contributed by atoms with Crippen LogP contribution in [0.4, 0.5) is 9.59 Å². The Labute approximate surface area is 357 Å². The van der Waals surface area contributed by atoms with Crippen LogP contribution in [0.25, 0.3) is 0 Å². The molecule has 0 heterocycles. The van der Waals surface area contributed by atoms with Crippen molar-refractivity contribution in [1.82, 2.24) is 10.6 Å². The van der Waals surface area contributed by atoms with E-state index in [1.165, 1.54) is 21.0 Å². The molecule has 61 heavy (non-hydrogen) atoms. The first-order chi connectivity index (χ1) is 28.4. The molecule has 0 fully saturated rings. The van der Waals surface area contributed by atoms with Crippen LogP contribution in [0.5, 0.6) is 0 Å². The van der Waals surface area contributed by atoms with Gasteiger partial charge in [0.1, 0.15) is 43.1 Å².